The molecular weight excluding hydrogens is 238 g/mol. The summed E-state index contributed by atoms with van der Waals surface area (Å²) in [7, 11) is 0. The van der Waals surface area contributed by atoms with Crippen LogP contribution in [0.2, 0.25) is 0 Å². The quantitative estimate of drug-likeness (QED) is 0.885. The van der Waals surface area contributed by atoms with Crippen molar-refractivity contribution in [2.75, 3.05) is 31.1 Å². The van der Waals surface area contributed by atoms with Crippen molar-refractivity contribution < 1.29 is 0 Å². The van der Waals surface area contributed by atoms with Crippen molar-refractivity contribution in [3.8, 4) is 0 Å². The van der Waals surface area contributed by atoms with Crippen molar-refractivity contribution in [2.24, 2.45) is 5.41 Å². The van der Waals surface area contributed by atoms with Crippen molar-refractivity contribution in [1.29, 1.82) is 0 Å². The highest BCUT2D eigenvalue weighted by Gasteiger charge is 2.41. The number of aryl methyl sites for hydroxylation is 2. The van der Waals surface area contributed by atoms with Crippen LogP contribution in [0.15, 0.2) is 0 Å². The summed E-state index contributed by atoms with van der Waals surface area (Å²) in [6, 6.07) is 0. The highest BCUT2D eigenvalue weighted by Crippen LogP contribution is 2.37. The summed E-state index contributed by atoms with van der Waals surface area (Å²) in [4.78, 5) is 7.05. The fourth-order valence-electron chi connectivity index (χ4n) is 3.31. The van der Waals surface area contributed by atoms with Crippen molar-refractivity contribution in [3.05, 3.63) is 11.4 Å². The molecule has 1 atom stereocenters. The zero-order valence-electron chi connectivity index (χ0n) is 11.9. The van der Waals surface area contributed by atoms with Crippen LogP contribution in [0.1, 0.15) is 38.1 Å². The molecule has 2 saturated heterocycles. The van der Waals surface area contributed by atoms with E-state index in [0.717, 1.165) is 56.4 Å². The number of aromatic nitrogens is 3. The summed E-state index contributed by atoms with van der Waals surface area (Å²) in [5, 5.41) is 12.2. The third-order valence-corrected chi connectivity index (χ3v) is 4.55. The minimum absolute atomic E-state index is 0.458. The van der Waals surface area contributed by atoms with E-state index in [1.54, 1.807) is 0 Å². The van der Waals surface area contributed by atoms with E-state index < -0.39 is 0 Å². The molecule has 2 fully saturated rings. The average molecular weight is 261 g/mol. The van der Waals surface area contributed by atoms with E-state index in [9.17, 15) is 0 Å². The Kier molecular flexibility index (Phi) is 3.39. The van der Waals surface area contributed by atoms with Crippen LogP contribution in [0.4, 0.5) is 5.95 Å². The van der Waals surface area contributed by atoms with Crippen molar-refractivity contribution in [2.45, 2.75) is 39.5 Å². The topological polar surface area (TPSA) is 53.9 Å². The number of rotatable bonds is 3. The molecule has 1 unspecified atom stereocenters. The number of anilines is 1. The smallest absolute Gasteiger partial charge is 0.245 e. The Hall–Kier alpha value is -1.23. The predicted molar refractivity (Wildman–Crippen MR) is 75.3 cm³/mol. The average Bonchev–Trinajstić information content (AvgIpc) is 3.09. The molecule has 3 rings (SSSR count). The largest absolute Gasteiger partial charge is 0.339 e. The van der Waals surface area contributed by atoms with E-state index in [2.05, 4.69) is 34.3 Å². The van der Waals surface area contributed by atoms with Crippen LogP contribution in [0.25, 0.3) is 0 Å². The molecule has 0 radical (unpaired) electrons. The Morgan fingerprint density at radius 2 is 2.00 bits per heavy atom. The van der Waals surface area contributed by atoms with Gasteiger partial charge in [0.2, 0.25) is 5.95 Å². The highest BCUT2D eigenvalue weighted by molar-refractivity contribution is 5.33. The molecule has 5 nitrogen and oxygen atoms in total. The Labute approximate surface area is 114 Å². The van der Waals surface area contributed by atoms with E-state index in [-0.39, 0.29) is 0 Å². The zero-order valence-corrected chi connectivity index (χ0v) is 11.9. The number of nitrogens with zero attached hydrogens (tertiary/aromatic N) is 4. The lowest BCUT2D eigenvalue weighted by molar-refractivity contribution is 0.369. The van der Waals surface area contributed by atoms with Gasteiger partial charge in [-0.2, -0.15) is 5.10 Å². The SMILES string of the molecule is CCc1nnc(N2CCC3(CCNC3)C2)nc1CC. The second-order valence-electron chi connectivity index (χ2n) is 5.81. The molecule has 19 heavy (non-hydrogen) atoms. The van der Waals surface area contributed by atoms with Gasteiger partial charge in [0.25, 0.3) is 0 Å². The standard InChI is InChI=1S/C14H23N5/c1-3-11-12(4-2)17-18-13(16-11)19-8-6-14(10-19)5-7-15-9-14/h15H,3-10H2,1-2H3. The molecule has 0 aromatic carbocycles. The second-order valence-corrected chi connectivity index (χ2v) is 5.81. The summed E-state index contributed by atoms with van der Waals surface area (Å²) >= 11 is 0. The molecular formula is C14H23N5. The minimum Gasteiger partial charge on any atom is -0.339 e. The van der Waals surface area contributed by atoms with Gasteiger partial charge < -0.3 is 10.2 Å². The van der Waals surface area contributed by atoms with E-state index in [1.165, 1.54) is 12.8 Å². The first-order valence-corrected chi connectivity index (χ1v) is 7.44. The van der Waals surface area contributed by atoms with Crippen LogP contribution >= 0.6 is 0 Å². The number of hydrogen-bond acceptors (Lipinski definition) is 5. The molecule has 2 aliphatic heterocycles. The zero-order chi connectivity index (χ0) is 13.3. The van der Waals surface area contributed by atoms with Crippen LogP contribution in [0.5, 0.6) is 0 Å². The lowest BCUT2D eigenvalue weighted by atomic mass is 9.87. The molecule has 1 N–H and O–H groups in total. The molecule has 2 aliphatic rings. The third-order valence-electron chi connectivity index (χ3n) is 4.55. The normalized spacial score (nSPS) is 26.5. The summed E-state index contributed by atoms with van der Waals surface area (Å²) in [6.45, 7) is 8.69. The van der Waals surface area contributed by atoms with E-state index >= 15 is 0 Å². The summed E-state index contributed by atoms with van der Waals surface area (Å²) in [5.41, 5.74) is 2.61. The summed E-state index contributed by atoms with van der Waals surface area (Å²) in [6.07, 6.45) is 4.38. The molecule has 5 heteroatoms. The molecule has 0 amide bonds. The van der Waals surface area contributed by atoms with Crippen LogP contribution < -0.4 is 10.2 Å². The first kappa shape index (κ1) is 12.8. The van der Waals surface area contributed by atoms with Gasteiger partial charge in [-0.3, -0.25) is 0 Å². The van der Waals surface area contributed by atoms with Crippen LogP contribution in [-0.2, 0) is 12.8 Å². The Morgan fingerprint density at radius 1 is 1.16 bits per heavy atom. The van der Waals surface area contributed by atoms with Crippen LogP contribution in [0.3, 0.4) is 0 Å². The highest BCUT2D eigenvalue weighted by atomic mass is 15.3. The Balaban J connectivity index is 1.79. The first-order chi connectivity index (χ1) is 9.26. The van der Waals surface area contributed by atoms with Gasteiger partial charge in [0.1, 0.15) is 0 Å². The first-order valence-electron chi connectivity index (χ1n) is 7.44. The van der Waals surface area contributed by atoms with Gasteiger partial charge in [-0.15, -0.1) is 5.10 Å². The van der Waals surface area contributed by atoms with E-state index in [1.807, 2.05) is 0 Å². The maximum atomic E-state index is 4.73. The molecule has 1 aromatic rings. The fraction of sp³-hybridized carbons (Fsp3) is 0.786. The predicted octanol–water partition coefficient (Wildman–Crippen LogP) is 1.19. The Morgan fingerprint density at radius 3 is 2.68 bits per heavy atom. The third kappa shape index (κ3) is 2.31. The maximum absolute atomic E-state index is 4.73. The number of hydrogen-bond donors (Lipinski definition) is 1. The summed E-state index contributed by atoms with van der Waals surface area (Å²) < 4.78 is 0. The lowest BCUT2D eigenvalue weighted by Crippen LogP contribution is -2.30. The van der Waals surface area contributed by atoms with Crippen LogP contribution in [-0.4, -0.2) is 41.4 Å². The molecule has 0 saturated carbocycles. The monoisotopic (exact) mass is 261 g/mol. The van der Waals surface area contributed by atoms with Gasteiger partial charge in [0, 0.05) is 25.0 Å². The van der Waals surface area contributed by atoms with Crippen LogP contribution in [0, 0.1) is 5.41 Å². The van der Waals surface area contributed by atoms with Crippen molar-refractivity contribution in [1.82, 2.24) is 20.5 Å². The van der Waals surface area contributed by atoms with Gasteiger partial charge >= 0.3 is 0 Å². The second kappa shape index (κ2) is 5.04. The maximum Gasteiger partial charge on any atom is 0.245 e. The number of nitrogens with one attached hydrogen (secondary N) is 1. The van der Waals surface area contributed by atoms with Crippen molar-refractivity contribution >= 4 is 5.95 Å². The lowest BCUT2D eigenvalue weighted by Gasteiger charge is -2.22. The van der Waals surface area contributed by atoms with Gasteiger partial charge in [-0.1, -0.05) is 13.8 Å². The molecule has 1 aromatic heterocycles. The van der Waals surface area contributed by atoms with Gasteiger partial charge in [-0.05, 0) is 32.2 Å². The van der Waals surface area contributed by atoms with Crippen molar-refractivity contribution in [3.63, 3.8) is 0 Å². The summed E-state index contributed by atoms with van der Waals surface area (Å²) in [5.74, 6) is 0.831. The molecule has 1 spiro atoms. The van der Waals surface area contributed by atoms with Gasteiger partial charge in [-0.25, -0.2) is 4.98 Å². The Bertz CT molecular complexity index is 453. The van der Waals surface area contributed by atoms with Gasteiger partial charge in [0.05, 0.1) is 11.4 Å². The molecule has 3 heterocycles. The molecule has 0 bridgehead atoms. The fourth-order valence-corrected chi connectivity index (χ4v) is 3.31. The van der Waals surface area contributed by atoms with E-state index in [4.69, 9.17) is 4.98 Å². The molecule has 0 aliphatic carbocycles. The van der Waals surface area contributed by atoms with Gasteiger partial charge in [0.15, 0.2) is 0 Å². The van der Waals surface area contributed by atoms with E-state index in [0.29, 0.717) is 5.41 Å². The minimum atomic E-state index is 0.458. The molecule has 104 valence electrons.